The van der Waals surface area contributed by atoms with Gasteiger partial charge in [-0.3, -0.25) is 14.6 Å². The van der Waals surface area contributed by atoms with Crippen LogP contribution in [0.3, 0.4) is 0 Å². The molecule has 7 heteroatoms. The first-order chi connectivity index (χ1) is 14.6. The van der Waals surface area contributed by atoms with Gasteiger partial charge in [0.2, 0.25) is 5.91 Å². The third kappa shape index (κ3) is 3.79. The maximum Gasteiger partial charge on any atom is 0.247 e. The number of benzene rings is 2. The summed E-state index contributed by atoms with van der Waals surface area (Å²) in [6, 6.07) is 16.1. The van der Waals surface area contributed by atoms with Gasteiger partial charge in [0.1, 0.15) is 11.5 Å². The molecule has 0 atom stereocenters. The number of nitrogens with zero attached hydrogens (tertiary/aromatic N) is 3. The van der Waals surface area contributed by atoms with Gasteiger partial charge in [0, 0.05) is 24.8 Å². The molecule has 4 rings (SSSR count). The second-order valence-corrected chi connectivity index (χ2v) is 7.19. The third-order valence-electron chi connectivity index (χ3n) is 5.29. The number of nitrogens with two attached hydrogens (primary N) is 1. The maximum absolute atomic E-state index is 13.4. The predicted molar refractivity (Wildman–Crippen MR) is 116 cm³/mol. The zero-order valence-electron chi connectivity index (χ0n) is 16.8. The Morgan fingerprint density at radius 3 is 2.80 bits per heavy atom. The summed E-state index contributed by atoms with van der Waals surface area (Å²) in [5, 5.41) is 10.4. The number of fused-ring (bicyclic) bond motifs is 1. The van der Waals surface area contributed by atoms with Crippen LogP contribution in [0, 0.1) is 0 Å². The van der Waals surface area contributed by atoms with Crippen LogP contribution < -0.4 is 15.4 Å². The molecule has 1 aliphatic rings. The highest BCUT2D eigenvalue weighted by molar-refractivity contribution is 6.04. The number of phenols is 1. The zero-order chi connectivity index (χ0) is 21.1. The van der Waals surface area contributed by atoms with E-state index in [1.165, 1.54) is 16.5 Å². The number of rotatable bonds is 5. The first-order valence-electron chi connectivity index (χ1n) is 9.77. The smallest absolute Gasteiger partial charge is 0.247 e. The monoisotopic (exact) mass is 404 g/mol. The molecule has 0 bridgehead atoms. The summed E-state index contributed by atoms with van der Waals surface area (Å²) in [5.41, 5.74) is 9.17. The Balaban J connectivity index is 1.63. The minimum atomic E-state index is -0.222. The van der Waals surface area contributed by atoms with E-state index in [2.05, 4.69) is 16.0 Å². The Morgan fingerprint density at radius 2 is 2.03 bits per heavy atom. The number of carbonyl (C=O) groups excluding carboxylic acids is 1. The van der Waals surface area contributed by atoms with Crippen LogP contribution in [0.4, 0.5) is 17.2 Å². The van der Waals surface area contributed by atoms with Crippen molar-refractivity contribution in [2.24, 2.45) is 0 Å². The summed E-state index contributed by atoms with van der Waals surface area (Å²) in [4.78, 5) is 21.2. The fourth-order valence-corrected chi connectivity index (χ4v) is 3.81. The highest BCUT2D eigenvalue weighted by Gasteiger charge is 2.27. The van der Waals surface area contributed by atoms with Gasteiger partial charge in [-0.2, -0.15) is 0 Å². The van der Waals surface area contributed by atoms with Gasteiger partial charge in [-0.05, 0) is 42.3 Å². The Hall–Kier alpha value is -3.58. The molecule has 154 valence electrons. The molecule has 2 heterocycles. The second kappa shape index (κ2) is 8.42. The molecule has 0 saturated carbocycles. The minimum absolute atomic E-state index is 0.0124. The molecule has 0 radical (unpaired) electrons. The summed E-state index contributed by atoms with van der Waals surface area (Å²) in [6.07, 6.45) is 2.41. The molecule has 0 unspecified atom stereocenters. The number of methoxy groups -OCH3 is 1. The number of para-hydroxylation sites is 2. The van der Waals surface area contributed by atoms with Gasteiger partial charge in [-0.25, -0.2) is 4.98 Å². The molecule has 0 saturated heterocycles. The lowest BCUT2D eigenvalue weighted by Gasteiger charge is -2.31. The van der Waals surface area contributed by atoms with Gasteiger partial charge in [0.05, 0.1) is 25.0 Å². The van der Waals surface area contributed by atoms with Gasteiger partial charge in [0.25, 0.3) is 0 Å². The zero-order valence-corrected chi connectivity index (χ0v) is 16.8. The first-order valence-corrected chi connectivity index (χ1v) is 9.77. The first kappa shape index (κ1) is 19.7. The van der Waals surface area contributed by atoms with Crippen LogP contribution in [-0.4, -0.2) is 41.1 Å². The van der Waals surface area contributed by atoms with Crippen LogP contribution in [0.2, 0.25) is 0 Å². The van der Waals surface area contributed by atoms with E-state index >= 15 is 0 Å². The molecule has 0 spiro atoms. The fourth-order valence-electron chi connectivity index (χ4n) is 3.81. The van der Waals surface area contributed by atoms with Crippen molar-refractivity contribution < 1.29 is 14.6 Å². The van der Waals surface area contributed by atoms with E-state index < -0.39 is 0 Å². The van der Waals surface area contributed by atoms with Gasteiger partial charge >= 0.3 is 0 Å². The maximum atomic E-state index is 13.4. The van der Waals surface area contributed by atoms with Crippen LogP contribution in [0.1, 0.15) is 11.1 Å². The number of anilines is 3. The molecule has 1 aliphatic heterocycles. The van der Waals surface area contributed by atoms with Crippen molar-refractivity contribution in [3.63, 3.8) is 0 Å². The molecule has 0 fully saturated rings. The molecular weight excluding hydrogens is 380 g/mol. The molecule has 2 aromatic carbocycles. The van der Waals surface area contributed by atoms with E-state index in [9.17, 15) is 9.90 Å². The number of pyridine rings is 1. The molecule has 7 nitrogen and oxygen atoms in total. The molecular formula is C23H24N4O3. The number of phenolic OH excluding ortho intramolecular Hbond substituents is 1. The van der Waals surface area contributed by atoms with E-state index in [0.29, 0.717) is 23.7 Å². The van der Waals surface area contributed by atoms with Gasteiger partial charge < -0.3 is 15.6 Å². The number of ether oxygens (including phenoxy) is 1. The van der Waals surface area contributed by atoms with E-state index in [1.807, 2.05) is 12.1 Å². The normalized spacial score (nSPS) is 13.5. The average molecular weight is 404 g/mol. The van der Waals surface area contributed by atoms with E-state index in [0.717, 1.165) is 24.3 Å². The molecule has 1 aromatic heterocycles. The van der Waals surface area contributed by atoms with Crippen molar-refractivity contribution in [2.45, 2.75) is 13.0 Å². The minimum Gasteiger partial charge on any atom is -0.506 e. The second-order valence-electron chi connectivity index (χ2n) is 7.19. The number of nitrogen functional groups attached to an aromatic ring is 1. The Morgan fingerprint density at radius 1 is 1.20 bits per heavy atom. The number of hydrogen-bond donors (Lipinski definition) is 2. The lowest BCUT2D eigenvalue weighted by molar-refractivity contribution is -0.119. The van der Waals surface area contributed by atoms with Crippen molar-refractivity contribution in [2.75, 3.05) is 30.8 Å². The number of aromatic hydroxyl groups is 1. The van der Waals surface area contributed by atoms with Crippen molar-refractivity contribution in [3.8, 4) is 11.5 Å². The summed E-state index contributed by atoms with van der Waals surface area (Å²) in [7, 11) is 1.66. The number of aromatic nitrogens is 1. The molecule has 30 heavy (non-hydrogen) atoms. The van der Waals surface area contributed by atoms with Gasteiger partial charge in [0.15, 0.2) is 5.82 Å². The van der Waals surface area contributed by atoms with Gasteiger partial charge in [-0.1, -0.05) is 24.3 Å². The SMILES string of the molecule is COc1cccc2c1CN(CC(=O)N(c1ccccc1O)c1ncccc1N)CC2. The van der Waals surface area contributed by atoms with E-state index in [1.54, 1.807) is 43.6 Å². The van der Waals surface area contributed by atoms with Crippen molar-refractivity contribution in [3.05, 3.63) is 71.9 Å². The standard InChI is InChI=1S/C23H24N4O3/c1-30-21-10-4-6-16-11-13-26(14-17(16)21)15-22(29)27(19-8-2-3-9-20(19)28)23-18(24)7-5-12-25-23/h2-10,12,28H,11,13-15,24H2,1H3. The topological polar surface area (TPSA) is 91.9 Å². The van der Waals surface area contributed by atoms with Crippen LogP contribution >= 0.6 is 0 Å². The van der Waals surface area contributed by atoms with Crippen LogP contribution in [-0.2, 0) is 17.8 Å². The quantitative estimate of drug-likeness (QED) is 0.679. The van der Waals surface area contributed by atoms with Crippen LogP contribution in [0.5, 0.6) is 11.5 Å². The summed E-state index contributed by atoms with van der Waals surface area (Å²) in [5.74, 6) is 0.900. The van der Waals surface area contributed by atoms with Crippen LogP contribution in [0.15, 0.2) is 60.8 Å². The number of carbonyl (C=O) groups is 1. The number of amides is 1. The Bertz CT molecular complexity index is 1010. The molecule has 0 aliphatic carbocycles. The highest BCUT2D eigenvalue weighted by atomic mass is 16.5. The Labute approximate surface area is 175 Å². The summed E-state index contributed by atoms with van der Waals surface area (Å²) >= 11 is 0. The third-order valence-corrected chi connectivity index (χ3v) is 5.29. The van der Waals surface area contributed by atoms with Crippen molar-refractivity contribution in [1.29, 1.82) is 0 Å². The molecule has 3 N–H and O–H groups in total. The molecule has 1 amide bonds. The lowest BCUT2D eigenvalue weighted by Crippen LogP contribution is -2.41. The average Bonchev–Trinajstić information content (AvgIpc) is 2.76. The van der Waals surface area contributed by atoms with Crippen molar-refractivity contribution in [1.82, 2.24) is 9.88 Å². The largest absolute Gasteiger partial charge is 0.506 e. The van der Waals surface area contributed by atoms with Crippen molar-refractivity contribution >= 4 is 23.1 Å². The highest BCUT2D eigenvalue weighted by Crippen LogP contribution is 2.35. The van der Waals surface area contributed by atoms with E-state index in [4.69, 9.17) is 10.5 Å². The van der Waals surface area contributed by atoms with E-state index in [-0.39, 0.29) is 18.2 Å². The predicted octanol–water partition coefficient (Wildman–Crippen LogP) is 3.10. The number of hydrogen-bond acceptors (Lipinski definition) is 6. The van der Waals surface area contributed by atoms with Gasteiger partial charge in [-0.15, -0.1) is 0 Å². The Kier molecular flexibility index (Phi) is 5.54. The van der Waals surface area contributed by atoms with Crippen LogP contribution in [0.25, 0.3) is 0 Å². The lowest BCUT2D eigenvalue weighted by atomic mass is 9.99. The summed E-state index contributed by atoms with van der Waals surface area (Å²) < 4.78 is 5.50. The summed E-state index contributed by atoms with van der Waals surface area (Å²) in [6.45, 7) is 1.51. The fraction of sp³-hybridized carbons (Fsp3) is 0.217. The molecule has 3 aromatic rings.